The number of fused-ring (bicyclic) bond motifs is 1. The lowest BCUT2D eigenvalue weighted by Gasteiger charge is -2.26. The van der Waals surface area contributed by atoms with Crippen LogP contribution >= 0.6 is 0 Å². The van der Waals surface area contributed by atoms with Crippen LogP contribution in [0, 0.1) is 11.3 Å². The summed E-state index contributed by atoms with van der Waals surface area (Å²) < 4.78 is 16.9. The highest BCUT2D eigenvalue weighted by Gasteiger charge is 2.20. The van der Waals surface area contributed by atoms with Gasteiger partial charge in [0.05, 0.1) is 6.54 Å². The predicted octanol–water partition coefficient (Wildman–Crippen LogP) is 2.15. The zero-order valence-electron chi connectivity index (χ0n) is 15.7. The topological polar surface area (TPSA) is 92.6 Å². The Labute approximate surface area is 160 Å². The first kappa shape index (κ1) is 20.6. The number of hydrogen-bond donors (Lipinski definition) is 2. The molecule has 2 N–H and O–H groups in total. The van der Waals surface area contributed by atoms with Gasteiger partial charge in [-0.2, -0.15) is 5.26 Å². The fourth-order valence-electron chi connectivity index (χ4n) is 2.42. The highest BCUT2D eigenvalue weighted by molar-refractivity contribution is 5.97. The Hall–Kier alpha value is -2.72. The van der Waals surface area contributed by atoms with Crippen LogP contribution in [-0.4, -0.2) is 44.9 Å². The fraction of sp³-hybridized carbons (Fsp3) is 0.500. The van der Waals surface area contributed by atoms with Crippen molar-refractivity contribution in [2.24, 2.45) is 0 Å². The minimum absolute atomic E-state index is 0.0269. The molecule has 0 aromatic heterocycles. The number of rotatable bonds is 11. The average molecular weight is 373 g/mol. The number of unbranched alkanes of at least 4 members (excludes halogenated alkanes) is 1. The minimum atomic E-state index is -0.398. The van der Waals surface area contributed by atoms with E-state index in [0.717, 1.165) is 25.2 Å². The maximum Gasteiger partial charge on any atom is 0.263 e. The molecule has 0 saturated carbocycles. The molecule has 1 atom stereocenters. The van der Waals surface area contributed by atoms with E-state index >= 15 is 0 Å². The second-order valence-corrected chi connectivity index (χ2v) is 6.15. The summed E-state index contributed by atoms with van der Waals surface area (Å²) in [6.07, 6.45) is 4.08. The van der Waals surface area contributed by atoms with E-state index in [0.29, 0.717) is 38.5 Å². The van der Waals surface area contributed by atoms with Gasteiger partial charge in [-0.05, 0) is 25.0 Å². The van der Waals surface area contributed by atoms with Crippen LogP contribution in [0.25, 0.3) is 0 Å². The van der Waals surface area contributed by atoms with Gasteiger partial charge in [0.2, 0.25) is 0 Å². The molecule has 146 valence electrons. The van der Waals surface area contributed by atoms with Crippen LogP contribution in [0.1, 0.15) is 26.2 Å². The van der Waals surface area contributed by atoms with E-state index in [1.165, 1.54) is 6.20 Å². The zero-order valence-corrected chi connectivity index (χ0v) is 15.7. The third-order valence-electron chi connectivity index (χ3n) is 3.92. The summed E-state index contributed by atoms with van der Waals surface area (Å²) >= 11 is 0. The average Bonchev–Trinajstić information content (AvgIpc) is 2.70. The van der Waals surface area contributed by atoms with E-state index in [-0.39, 0.29) is 11.7 Å². The fourth-order valence-corrected chi connectivity index (χ4v) is 2.42. The van der Waals surface area contributed by atoms with Crippen LogP contribution in [-0.2, 0) is 9.53 Å². The van der Waals surface area contributed by atoms with Gasteiger partial charge in [0, 0.05) is 26.0 Å². The summed E-state index contributed by atoms with van der Waals surface area (Å²) in [6.45, 7) is 4.77. The van der Waals surface area contributed by atoms with Crippen LogP contribution in [0.3, 0.4) is 0 Å². The highest BCUT2D eigenvalue weighted by atomic mass is 16.6. The van der Waals surface area contributed by atoms with E-state index < -0.39 is 5.91 Å². The number of nitriles is 1. The van der Waals surface area contributed by atoms with Crippen molar-refractivity contribution in [1.29, 1.82) is 5.26 Å². The summed E-state index contributed by atoms with van der Waals surface area (Å²) in [5.41, 5.74) is 0.0269. The molecule has 7 heteroatoms. The third kappa shape index (κ3) is 7.19. The van der Waals surface area contributed by atoms with Crippen LogP contribution < -0.4 is 20.1 Å². The molecule has 27 heavy (non-hydrogen) atoms. The minimum Gasteiger partial charge on any atom is -0.486 e. The van der Waals surface area contributed by atoms with E-state index in [1.807, 2.05) is 30.3 Å². The number of amides is 1. The van der Waals surface area contributed by atoms with Gasteiger partial charge in [0.15, 0.2) is 11.5 Å². The van der Waals surface area contributed by atoms with E-state index in [9.17, 15) is 4.79 Å². The number of hydrogen-bond acceptors (Lipinski definition) is 6. The third-order valence-corrected chi connectivity index (χ3v) is 3.92. The molecular formula is C20H27N3O4. The number of para-hydroxylation sites is 2. The van der Waals surface area contributed by atoms with Crippen molar-refractivity contribution in [3.63, 3.8) is 0 Å². The Balaban J connectivity index is 1.67. The van der Waals surface area contributed by atoms with Crippen LogP contribution in [0.4, 0.5) is 0 Å². The molecule has 2 rings (SSSR count). The molecule has 0 spiro atoms. The Morgan fingerprint density at radius 2 is 2.11 bits per heavy atom. The van der Waals surface area contributed by atoms with Crippen LogP contribution in [0.2, 0.25) is 0 Å². The number of benzene rings is 1. The second kappa shape index (κ2) is 11.8. The van der Waals surface area contributed by atoms with E-state index in [4.69, 9.17) is 19.5 Å². The molecule has 1 aliphatic rings. The standard InChI is InChI=1S/C20H27N3O4/c1-2-3-10-25-11-6-9-23-20(24)16(12-21)13-22-14-17-15-26-18-7-4-5-8-19(18)27-17/h4-5,7-8,13,17,22H,2-3,6,9-11,14-15H2,1H3,(H,23,24)/b16-13-. The van der Waals surface area contributed by atoms with Crippen molar-refractivity contribution in [3.05, 3.63) is 36.0 Å². The number of nitrogens with zero attached hydrogens (tertiary/aromatic N) is 1. The summed E-state index contributed by atoms with van der Waals surface area (Å²) in [5.74, 6) is 1.02. The van der Waals surface area contributed by atoms with Gasteiger partial charge < -0.3 is 24.8 Å². The molecule has 0 bridgehead atoms. The molecule has 0 aliphatic carbocycles. The molecule has 1 aromatic rings. The summed E-state index contributed by atoms with van der Waals surface area (Å²) in [5, 5.41) is 14.9. The Bertz CT molecular complexity index is 669. The molecule has 7 nitrogen and oxygen atoms in total. The van der Waals surface area contributed by atoms with Crippen LogP contribution in [0.5, 0.6) is 11.5 Å². The first-order valence-corrected chi connectivity index (χ1v) is 9.32. The molecule has 1 aromatic carbocycles. The largest absolute Gasteiger partial charge is 0.486 e. The lowest BCUT2D eigenvalue weighted by Crippen LogP contribution is -2.37. The van der Waals surface area contributed by atoms with Gasteiger partial charge in [-0.1, -0.05) is 25.5 Å². The Kier molecular flexibility index (Phi) is 9.01. The van der Waals surface area contributed by atoms with Gasteiger partial charge in [0.25, 0.3) is 5.91 Å². The predicted molar refractivity (Wildman–Crippen MR) is 101 cm³/mol. The van der Waals surface area contributed by atoms with Crippen molar-refractivity contribution in [1.82, 2.24) is 10.6 Å². The Morgan fingerprint density at radius 1 is 1.33 bits per heavy atom. The molecule has 0 radical (unpaired) electrons. The zero-order chi connectivity index (χ0) is 19.3. The maximum absolute atomic E-state index is 12.0. The van der Waals surface area contributed by atoms with Gasteiger partial charge >= 0.3 is 0 Å². The Morgan fingerprint density at radius 3 is 2.89 bits per heavy atom. The monoisotopic (exact) mass is 373 g/mol. The number of nitrogens with one attached hydrogen (secondary N) is 2. The highest BCUT2D eigenvalue weighted by Crippen LogP contribution is 2.30. The van der Waals surface area contributed by atoms with Crippen molar-refractivity contribution >= 4 is 5.91 Å². The lowest BCUT2D eigenvalue weighted by molar-refractivity contribution is -0.117. The second-order valence-electron chi connectivity index (χ2n) is 6.15. The first-order chi connectivity index (χ1) is 13.2. The van der Waals surface area contributed by atoms with Crippen molar-refractivity contribution in [2.45, 2.75) is 32.3 Å². The van der Waals surface area contributed by atoms with E-state index in [2.05, 4.69) is 17.6 Å². The van der Waals surface area contributed by atoms with Crippen LogP contribution in [0.15, 0.2) is 36.0 Å². The molecule has 1 unspecified atom stereocenters. The van der Waals surface area contributed by atoms with Gasteiger partial charge in [-0.25, -0.2) is 0 Å². The lowest BCUT2D eigenvalue weighted by atomic mass is 10.2. The number of carbonyl (C=O) groups is 1. The van der Waals surface area contributed by atoms with Crippen molar-refractivity contribution in [2.75, 3.05) is 32.9 Å². The van der Waals surface area contributed by atoms with Gasteiger partial charge in [-0.15, -0.1) is 0 Å². The summed E-state index contributed by atoms with van der Waals surface area (Å²) in [7, 11) is 0. The molecule has 1 amide bonds. The number of ether oxygens (including phenoxy) is 3. The molecule has 0 saturated heterocycles. The van der Waals surface area contributed by atoms with Gasteiger partial charge in [0.1, 0.15) is 24.4 Å². The molecule has 0 fully saturated rings. The molecule has 1 aliphatic heterocycles. The molecule has 1 heterocycles. The van der Waals surface area contributed by atoms with Crippen molar-refractivity contribution in [3.8, 4) is 17.6 Å². The SMILES string of the molecule is CCCCOCCCNC(=O)/C(C#N)=C\NCC1COc2ccccc2O1. The van der Waals surface area contributed by atoms with E-state index in [1.54, 1.807) is 0 Å². The summed E-state index contributed by atoms with van der Waals surface area (Å²) in [6, 6.07) is 9.37. The normalized spacial score (nSPS) is 15.7. The maximum atomic E-state index is 12.0. The van der Waals surface area contributed by atoms with Crippen molar-refractivity contribution < 1.29 is 19.0 Å². The number of carbonyl (C=O) groups excluding carboxylic acids is 1. The first-order valence-electron chi connectivity index (χ1n) is 9.32. The summed E-state index contributed by atoms with van der Waals surface area (Å²) in [4.78, 5) is 12.0. The van der Waals surface area contributed by atoms with Gasteiger partial charge in [-0.3, -0.25) is 4.79 Å². The molecular weight excluding hydrogens is 346 g/mol. The smallest absolute Gasteiger partial charge is 0.263 e. The quantitative estimate of drug-likeness (QED) is 0.351.